The van der Waals surface area contributed by atoms with Crippen LogP contribution in [0.3, 0.4) is 0 Å². The van der Waals surface area contributed by atoms with E-state index in [-0.39, 0.29) is 11.1 Å². The van der Waals surface area contributed by atoms with Crippen molar-refractivity contribution in [1.82, 2.24) is 20.2 Å². The van der Waals surface area contributed by atoms with Crippen molar-refractivity contribution in [2.45, 2.75) is 76.4 Å². The van der Waals surface area contributed by atoms with Crippen LogP contribution in [0.2, 0.25) is 0 Å². The normalized spacial score (nSPS) is 23.2. The first-order valence-corrected chi connectivity index (χ1v) is 11.7. The van der Waals surface area contributed by atoms with Crippen molar-refractivity contribution in [3.63, 3.8) is 0 Å². The van der Waals surface area contributed by atoms with Crippen molar-refractivity contribution in [2.75, 3.05) is 25.5 Å². The molecule has 2 fully saturated rings. The molecule has 2 aliphatic rings. The molecule has 0 bridgehead atoms. The highest BCUT2D eigenvalue weighted by Gasteiger charge is 2.37. The molecule has 0 saturated carbocycles. The van der Waals surface area contributed by atoms with Gasteiger partial charge in [-0.3, -0.25) is 0 Å². The fourth-order valence-electron chi connectivity index (χ4n) is 5.18. The van der Waals surface area contributed by atoms with Crippen LogP contribution in [0.15, 0.2) is 24.4 Å². The molecule has 158 valence electrons. The smallest absolute Gasteiger partial charge is 0.223 e. The van der Waals surface area contributed by atoms with E-state index < -0.39 is 0 Å². The number of nitrogens with one attached hydrogen (secondary N) is 2. The quantitative estimate of drug-likeness (QED) is 0.758. The summed E-state index contributed by atoms with van der Waals surface area (Å²) < 4.78 is 0. The SMILES string of the molecule is CN1CCC(c2ccc(-c3ccnc(NC4CC(C)(C)NC(C)(C)C4)n3)s2)CC1. The lowest BCUT2D eigenvalue weighted by Gasteiger charge is -2.46. The summed E-state index contributed by atoms with van der Waals surface area (Å²) in [6, 6.07) is 6.95. The second-order valence-corrected chi connectivity index (χ2v) is 11.3. The molecule has 29 heavy (non-hydrogen) atoms. The number of anilines is 1. The van der Waals surface area contributed by atoms with Crippen LogP contribution < -0.4 is 10.6 Å². The first-order chi connectivity index (χ1) is 13.7. The van der Waals surface area contributed by atoms with Crippen LogP contribution in [-0.4, -0.2) is 52.1 Å². The Kier molecular flexibility index (Phi) is 5.70. The number of nitrogens with zero attached hydrogens (tertiary/aromatic N) is 3. The van der Waals surface area contributed by atoms with Crippen LogP contribution in [0.5, 0.6) is 0 Å². The molecule has 0 spiro atoms. The molecule has 0 aromatic carbocycles. The van der Waals surface area contributed by atoms with Crippen molar-refractivity contribution < 1.29 is 0 Å². The Morgan fingerprint density at radius 3 is 2.45 bits per heavy atom. The van der Waals surface area contributed by atoms with Gasteiger partial charge < -0.3 is 15.5 Å². The fourth-order valence-corrected chi connectivity index (χ4v) is 6.32. The van der Waals surface area contributed by atoms with Gasteiger partial charge in [-0.1, -0.05) is 0 Å². The fraction of sp³-hybridized carbons (Fsp3) is 0.652. The van der Waals surface area contributed by atoms with Crippen molar-refractivity contribution in [1.29, 1.82) is 0 Å². The summed E-state index contributed by atoms with van der Waals surface area (Å²) in [5, 5.41) is 7.35. The number of aromatic nitrogens is 2. The average Bonchev–Trinajstić information content (AvgIpc) is 3.10. The Balaban J connectivity index is 1.47. The van der Waals surface area contributed by atoms with Gasteiger partial charge in [0, 0.05) is 28.2 Å². The molecule has 2 aromatic rings. The van der Waals surface area contributed by atoms with Crippen molar-refractivity contribution in [3.05, 3.63) is 29.3 Å². The van der Waals surface area contributed by atoms with Gasteiger partial charge in [0.05, 0.1) is 10.6 Å². The lowest BCUT2D eigenvalue weighted by molar-refractivity contribution is 0.170. The third-order valence-corrected chi connectivity index (χ3v) is 7.45. The molecule has 4 rings (SSSR count). The number of rotatable bonds is 4. The topological polar surface area (TPSA) is 53.1 Å². The molecular weight excluding hydrogens is 378 g/mol. The monoisotopic (exact) mass is 413 g/mol. The van der Waals surface area contributed by atoms with Gasteiger partial charge in [0.1, 0.15) is 0 Å². The zero-order valence-electron chi connectivity index (χ0n) is 18.5. The first-order valence-electron chi connectivity index (χ1n) is 10.9. The number of hydrogen-bond acceptors (Lipinski definition) is 6. The van der Waals surface area contributed by atoms with E-state index in [0.29, 0.717) is 12.0 Å². The van der Waals surface area contributed by atoms with E-state index in [2.05, 4.69) is 67.4 Å². The second-order valence-electron chi connectivity index (χ2n) is 10.2. The zero-order valence-corrected chi connectivity index (χ0v) is 19.3. The summed E-state index contributed by atoms with van der Waals surface area (Å²) in [6.45, 7) is 11.5. The van der Waals surface area contributed by atoms with E-state index in [9.17, 15) is 0 Å². The van der Waals surface area contributed by atoms with Gasteiger partial charge in [-0.15, -0.1) is 11.3 Å². The summed E-state index contributed by atoms with van der Waals surface area (Å²) in [4.78, 5) is 14.6. The predicted molar refractivity (Wildman–Crippen MR) is 123 cm³/mol. The number of likely N-dealkylation sites (tertiary alicyclic amines) is 1. The van der Waals surface area contributed by atoms with E-state index >= 15 is 0 Å². The van der Waals surface area contributed by atoms with Crippen LogP contribution in [-0.2, 0) is 0 Å². The Morgan fingerprint density at radius 1 is 1.07 bits per heavy atom. The molecule has 5 nitrogen and oxygen atoms in total. The van der Waals surface area contributed by atoms with E-state index in [1.54, 1.807) is 0 Å². The van der Waals surface area contributed by atoms with Gasteiger partial charge >= 0.3 is 0 Å². The van der Waals surface area contributed by atoms with Gasteiger partial charge in [0.15, 0.2) is 0 Å². The highest BCUT2D eigenvalue weighted by atomic mass is 32.1. The molecule has 2 aliphatic heterocycles. The van der Waals surface area contributed by atoms with Crippen LogP contribution in [0.25, 0.3) is 10.6 Å². The molecular formula is C23H35N5S. The summed E-state index contributed by atoms with van der Waals surface area (Å²) in [6.07, 6.45) is 6.52. The van der Waals surface area contributed by atoms with Crippen LogP contribution >= 0.6 is 11.3 Å². The lowest BCUT2D eigenvalue weighted by atomic mass is 9.80. The van der Waals surface area contributed by atoms with Gasteiger partial charge in [-0.05, 0) is 97.6 Å². The van der Waals surface area contributed by atoms with Crippen LogP contribution in [0.1, 0.15) is 64.2 Å². The highest BCUT2D eigenvalue weighted by molar-refractivity contribution is 7.15. The average molecular weight is 414 g/mol. The molecule has 2 aromatic heterocycles. The van der Waals surface area contributed by atoms with Crippen molar-refractivity contribution in [2.24, 2.45) is 0 Å². The minimum Gasteiger partial charge on any atom is -0.351 e. The summed E-state index contributed by atoms with van der Waals surface area (Å²) in [7, 11) is 2.22. The van der Waals surface area contributed by atoms with E-state index in [0.717, 1.165) is 24.5 Å². The Bertz CT molecular complexity index is 819. The molecule has 0 amide bonds. The first kappa shape index (κ1) is 20.8. The van der Waals surface area contributed by atoms with E-state index in [4.69, 9.17) is 4.98 Å². The molecule has 0 aliphatic carbocycles. The largest absolute Gasteiger partial charge is 0.351 e. The Labute approximate surface area is 179 Å². The number of piperidine rings is 2. The number of thiophene rings is 1. The van der Waals surface area contributed by atoms with Gasteiger partial charge in [-0.2, -0.15) is 0 Å². The Morgan fingerprint density at radius 2 is 1.76 bits per heavy atom. The van der Waals surface area contributed by atoms with Gasteiger partial charge in [-0.25, -0.2) is 9.97 Å². The van der Waals surface area contributed by atoms with Crippen LogP contribution in [0, 0.1) is 0 Å². The summed E-state index contributed by atoms with van der Waals surface area (Å²) in [5.74, 6) is 1.44. The predicted octanol–water partition coefficient (Wildman–Crippen LogP) is 4.74. The molecule has 2 saturated heterocycles. The molecule has 6 heteroatoms. The molecule has 0 atom stereocenters. The maximum Gasteiger partial charge on any atom is 0.223 e. The molecule has 2 N–H and O–H groups in total. The molecule has 4 heterocycles. The standard InChI is InChI=1S/C23H35N5S/c1-22(2)14-17(15-23(3,4)27-22)25-21-24-11-8-18(26-21)20-7-6-19(29-20)16-9-12-28(5)13-10-16/h6-8,11,16-17,27H,9-10,12-15H2,1-5H3,(H,24,25,26). The molecule has 0 unspecified atom stereocenters. The van der Waals surface area contributed by atoms with E-state index in [1.165, 1.54) is 35.7 Å². The maximum atomic E-state index is 4.86. The summed E-state index contributed by atoms with van der Waals surface area (Å²) in [5.41, 5.74) is 1.24. The van der Waals surface area contributed by atoms with Gasteiger partial charge in [0.25, 0.3) is 0 Å². The molecule has 0 radical (unpaired) electrons. The van der Waals surface area contributed by atoms with Crippen LogP contribution in [0.4, 0.5) is 5.95 Å². The van der Waals surface area contributed by atoms with Crippen molar-refractivity contribution in [3.8, 4) is 10.6 Å². The van der Waals surface area contributed by atoms with E-state index in [1.807, 2.05) is 23.6 Å². The third-order valence-electron chi connectivity index (χ3n) is 6.18. The summed E-state index contributed by atoms with van der Waals surface area (Å²) >= 11 is 1.90. The Hall–Kier alpha value is -1.50. The minimum absolute atomic E-state index is 0.105. The zero-order chi connectivity index (χ0) is 20.6. The van der Waals surface area contributed by atoms with Crippen molar-refractivity contribution >= 4 is 17.3 Å². The highest BCUT2D eigenvalue weighted by Crippen LogP contribution is 2.36. The van der Waals surface area contributed by atoms with Gasteiger partial charge in [0.2, 0.25) is 5.95 Å². The minimum atomic E-state index is 0.105. The lowest BCUT2D eigenvalue weighted by Crippen LogP contribution is -2.60. The third kappa shape index (κ3) is 5.16. The number of hydrogen-bond donors (Lipinski definition) is 2. The maximum absolute atomic E-state index is 4.86. The second kappa shape index (κ2) is 7.97.